The molecule has 0 amide bonds. The van der Waals surface area contributed by atoms with Gasteiger partial charge in [-0.15, -0.1) is 0 Å². The van der Waals surface area contributed by atoms with Gasteiger partial charge >= 0.3 is 0 Å². The van der Waals surface area contributed by atoms with Crippen molar-refractivity contribution in [3.63, 3.8) is 0 Å². The van der Waals surface area contributed by atoms with Gasteiger partial charge in [0.05, 0.1) is 11.0 Å². The molecule has 0 bridgehead atoms. The first kappa shape index (κ1) is 13.8. The smallest absolute Gasteiger partial charge is 0.274 e. The molecule has 0 heterocycles. The molecule has 1 fully saturated rings. The molecule has 2 rings (SSSR count). The molecule has 0 radical (unpaired) electrons. The summed E-state index contributed by atoms with van der Waals surface area (Å²) in [5.41, 5.74) is 0.302. The summed E-state index contributed by atoms with van der Waals surface area (Å²) in [4.78, 5) is 10.1. The molecule has 0 spiro atoms. The van der Waals surface area contributed by atoms with Crippen LogP contribution in [0.2, 0.25) is 0 Å². The highest BCUT2D eigenvalue weighted by Gasteiger charge is 2.20. The molecule has 1 aliphatic rings. The Morgan fingerprint density at radius 2 is 2.00 bits per heavy atom. The summed E-state index contributed by atoms with van der Waals surface area (Å²) in [7, 11) is 0. The average molecular weight is 266 g/mol. The van der Waals surface area contributed by atoms with Crippen LogP contribution < -0.4 is 5.32 Å². The maximum Gasteiger partial charge on any atom is 0.274 e. The standard InChI is InChI=1S/C14H19FN2O2/c1-2-10-3-5-12(6-4-10)16-13-7-11(15)8-14(9-13)17(18)19/h7-10,12,16H,2-6H2,1H3. The van der Waals surface area contributed by atoms with Gasteiger partial charge in [-0.05, 0) is 37.7 Å². The maximum atomic E-state index is 13.3. The zero-order valence-corrected chi connectivity index (χ0v) is 11.1. The van der Waals surface area contributed by atoms with Crippen molar-refractivity contribution in [2.45, 2.75) is 45.1 Å². The van der Waals surface area contributed by atoms with E-state index in [1.54, 1.807) is 0 Å². The Balaban J connectivity index is 2.01. The predicted octanol–water partition coefficient (Wildman–Crippen LogP) is 4.11. The highest BCUT2D eigenvalue weighted by molar-refractivity contribution is 5.52. The minimum atomic E-state index is -0.570. The molecular weight excluding hydrogens is 247 g/mol. The molecule has 1 aromatic carbocycles. The number of nitrogens with one attached hydrogen (secondary N) is 1. The predicted molar refractivity (Wildman–Crippen MR) is 72.7 cm³/mol. The summed E-state index contributed by atoms with van der Waals surface area (Å²) < 4.78 is 13.3. The number of nitro groups is 1. The highest BCUT2D eigenvalue weighted by atomic mass is 19.1. The highest BCUT2D eigenvalue weighted by Crippen LogP contribution is 2.29. The zero-order chi connectivity index (χ0) is 13.8. The van der Waals surface area contributed by atoms with Gasteiger partial charge in [0.25, 0.3) is 5.69 Å². The molecule has 1 N–H and O–H groups in total. The van der Waals surface area contributed by atoms with Crippen molar-refractivity contribution in [3.8, 4) is 0 Å². The Hall–Kier alpha value is -1.65. The van der Waals surface area contributed by atoms with E-state index in [2.05, 4.69) is 12.2 Å². The molecule has 19 heavy (non-hydrogen) atoms. The largest absolute Gasteiger partial charge is 0.382 e. The minimum Gasteiger partial charge on any atom is -0.382 e. The van der Waals surface area contributed by atoms with E-state index in [4.69, 9.17) is 0 Å². The van der Waals surface area contributed by atoms with Crippen molar-refractivity contribution in [1.29, 1.82) is 0 Å². The van der Waals surface area contributed by atoms with E-state index >= 15 is 0 Å². The summed E-state index contributed by atoms with van der Waals surface area (Å²) in [5.74, 6) is 0.221. The van der Waals surface area contributed by atoms with Crippen LogP contribution in [0.25, 0.3) is 0 Å². The van der Waals surface area contributed by atoms with Gasteiger partial charge in [-0.2, -0.15) is 0 Å². The van der Waals surface area contributed by atoms with Crippen LogP contribution >= 0.6 is 0 Å². The molecule has 0 aliphatic heterocycles. The van der Waals surface area contributed by atoms with Gasteiger partial charge in [0.2, 0.25) is 0 Å². The van der Waals surface area contributed by atoms with Crippen LogP contribution in [0.15, 0.2) is 18.2 Å². The lowest BCUT2D eigenvalue weighted by Gasteiger charge is -2.29. The SMILES string of the molecule is CCC1CCC(Nc2cc(F)cc([N+](=O)[O-])c2)CC1. The quantitative estimate of drug-likeness (QED) is 0.659. The van der Waals surface area contributed by atoms with Crippen molar-refractivity contribution in [2.24, 2.45) is 5.92 Å². The summed E-state index contributed by atoms with van der Waals surface area (Å²) in [6.45, 7) is 2.20. The topological polar surface area (TPSA) is 55.2 Å². The van der Waals surface area contributed by atoms with Gasteiger partial charge in [0.15, 0.2) is 0 Å². The average Bonchev–Trinajstić information content (AvgIpc) is 2.39. The second kappa shape index (κ2) is 5.99. The molecule has 0 atom stereocenters. The molecule has 5 heteroatoms. The van der Waals surface area contributed by atoms with E-state index in [1.807, 2.05) is 0 Å². The van der Waals surface area contributed by atoms with Gasteiger partial charge in [-0.3, -0.25) is 10.1 Å². The first-order chi connectivity index (χ1) is 9.08. The van der Waals surface area contributed by atoms with Crippen LogP contribution in [0.4, 0.5) is 15.8 Å². The van der Waals surface area contributed by atoms with E-state index in [0.717, 1.165) is 24.8 Å². The fourth-order valence-corrected chi connectivity index (χ4v) is 2.71. The second-order valence-electron chi connectivity index (χ2n) is 5.23. The molecule has 104 valence electrons. The number of anilines is 1. The zero-order valence-electron chi connectivity index (χ0n) is 11.1. The van der Waals surface area contributed by atoms with E-state index < -0.39 is 10.7 Å². The number of nitrogens with zero attached hydrogens (tertiary/aromatic N) is 1. The Kier molecular flexibility index (Phi) is 4.35. The van der Waals surface area contributed by atoms with E-state index in [-0.39, 0.29) is 5.69 Å². The van der Waals surface area contributed by atoms with E-state index in [1.165, 1.54) is 31.4 Å². The van der Waals surface area contributed by atoms with Crippen LogP contribution in [-0.2, 0) is 0 Å². The normalized spacial score (nSPS) is 23.1. The van der Waals surface area contributed by atoms with Crippen LogP contribution in [0.1, 0.15) is 39.0 Å². The van der Waals surface area contributed by atoms with Gasteiger partial charge < -0.3 is 5.32 Å². The Bertz CT molecular complexity index is 457. The third kappa shape index (κ3) is 3.66. The fraction of sp³-hybridized carbons (Fsp3) is 0.571. The number of nitro benzene ring substituents is 1. The molecule has 0 saturated heterocycles. The molecule has 0 unspecified atom stereocenters. The maximum absolute atomic E-state index is 13.3. The Labute approximate surface area is 112 Å². The van der Waals surface area contributed by atoms with Crippen LogP contribution in [0, 0.1) is 21.8 Å². The number of hydrogen-bond donors (Lipinski definition) is 1. The van der Waals surface area contributed by atoms with Gasteiger partial charge in [0, 0.05) is 17.8 Å². The minimum absolute atomic E-state index is 0.204. The first-order valence-corrected chi connectivity index (χ1v) is 6.80. The summed E-state index contributed by atoms with van der Waals surface area (Å²) in [5, 5.41) is 13.9. The van der Waals surface area contributed by atoms with Gasteiger partial charge in [-0.25, -0.2) is 4.39 Å². The van der Waals surface area contributed by atoms with Crippen LogP contribution in [0.3, 0.4) is 0 Å². The number of hydrogen-bond acceptors (Lipinski definition) is 3. The summed E-state index contributed by atoms with van der Waals surface area (Å²) in [6, 6.07) is 3.96. The monoisotopic (exact) mass is 266 g/mol. The third-order valence-electron chi connectivity index (χ3n) is 3.89. The molecular formula is C14H19FN2O2. The molecule has 0 aromatic heterocycles. The number of rotatable bonds is 4. The number of halogens is 1. The Morgan fingerprint density at radius 3 is 2.58 bits per heavy atom. The van der Waals surface area contributed by atoms with E-state index in [0.29, 0.717) is 11.7 Å². The fourth-order valence-electron chi connectivity index (χ4n) is 2.71. The molecule has 1 saturated carbocycles. The van der Waals surface area contributed by atoms with Crippen molar-refractivity contribution in [2.75, 3.05) is 5.32 Å². The van der Waals surface area contributed by atoms with Crippen LogP contribution in [-0.4, -0.2) is 11.0 Å². The summed E-state index contributed by atoms with van der Waals surface area (Å²) >= 11 is 0. The molecule has 1 aromatic rings. The Morgan fingerprint density at radius 1 is 1.32 bits per heavy atom. The first-order valence-electron chi connectivity index (χ1n) is 6.80. The van der Waals surface area contributed by atoms with Crippen molar-refractivity contribution in [3.05, 3.63) is 34.1 Å². The number of benzene rings is 1. The van der Waals surface area contributed by atoms with Gasteiger partial charge in [-0.1, -0.05) is 13.3 Å². The summed E-state index contributed by atoms with van der Waals surface area (Å²) in [6.07, 6.45) is 5.64. The lowest BCUT2D eigenvalue weighted by atomic mass is 9.84. The van der Waals surface area contributed by atoms with Crippen molar-refractivity contribution < 1.29 is 9.31 Å². The third-order valence-corrected chi connectivity index (χ3v) is 3.89. The molecule has 1 aliphatic carbocycles. The van der Waals surface area contributed by atoms with Crippen LogP contribution in [0.5, 0.6) is 0 Å². The van der Waals surface area contributed by atoms with Gasteiger partial charge in [0.1, 0.15) is 5.82 Å². The number of non-ortho nitro benzene ring substituents is 1. The lowest BCUT2D eigenvalue weighted by Crippen LogP contribution is -2.25. The second-order valence-corrected chi connectivity index (χ2v) is 5.23. The van der Waals surface area contributed by atoms with Crippen molar-refractivity contribution >= 4 is 11.4 Å². The molecule has 4 nitrogen and oxygen atoms in total. The lowest BCUT2D eigenvalue weighted by molar-refractivity contribution is -0.385. The van der Waals surface area contributed by atoms with E-state index in [9.17, 15) is 14.5 Å². The van der Waals surface area contributed by atoms with Crippen molar-refractivity contribution in [1.82, 2.24) is 0 Å².